The van der Waals surface area contributed by atoms with Gasteiger partial charge in [-0.05, 0) is 37.3 Å². The first-order valence-corrected chi connectivity index (χ1v) is 10.1. The van der Waals surface area contributed by atoms with Crippen LogP contribution in [-0.4, -0.2) is 54.1 Å². The predicted molar refractivity (Wildman–Crippen MR) is 126 cm³/mol. The maximum absolute atomic E-state index is 15.2. The molecule has 0 amide bonds. The first-order chi connectivity index (χ1) is 15.8. The normalized spacial score (nSPS) is 16.3. The van der Waals surface area contributed by atoms with Crippen molar-refractivity contribution in [3.63, 3.8) is 0 Å². The fourth-order valence-electron chi connectivity index (χ4n) is 3.60. The van der Waals surface area contributed by atoms with Gasteiger partial charge in [-0.15, -0.1) is 0 Å². The third kappa shape index (κ3) is 5.09. The minimum Gasteiger partial charge on any atom is -0.472 e. The summed E-state index contributed by atoms with van der Waals surface area (Å²) in [6.45, 7) is 10.5. The fourth-order valence-corrected chi connectivity index (χ4v) is 3.60. The van der Waals surface area contributed by atoms with Crippen LogP contribution in [0.4, 0.5) is 10.1 Å². The molecule has 0 saturated carbocycles. The van der Waals surface area contributed by atoms with E-state index in [1.54, 1.807) is 49.7 Å². The topological polar surface area (TPSA) is 121 Å². The van der Waals surface area contributed by atoms with E-state index in [-0.39, 0.29) is 6.10 Å². The highest BCUT2D eigenvalue weighted by molar-refractivity contribution is 5.96. The molecule has 1 aromatic carbocycles. The van der Waals surface area contributed by atoms with Gasteiger partial charge in [-0.1, -0.05) is 17.9 Å². The van der Waals surface area contributed by atoms with Crippen molar-refractivity contribution in [1.82, 2.24) is 15.0 Å². The van der Waals surface area contributed by atoms with Crippen LogP contribution in [0.15, 0.2) is 71.1 Å². The summed E-state index contributed by atoms with van der Waals surface area (Å²) in [6.07, 6.45) is 2.90. The minimum absolute atomic E-state index is 0.223. The van der Waals surface area contributed by atoms with Crippen LogP contribution in [-0.2, 0) is 4.74 Å². The predicted octanol–water partition coefficient (Wildman–Crippen LogP) is 2.74. The van der Waals surface area contributed by atoms with E-state index in [2.05, 4.69) is 33.6 Å². The average molecular weight is 454 g/mol. The second-order valence-corrected chi connectivity index (χ2v) is 7.45. The first kappa shape index (κ1) is 23.7. The lowest BCUT2D eigenvalue weighted by Gasteiger charge is -2.20. The summed E-state index contributed by atoms with van der Waals surface area (Å²) in [6, 6.07) is 6.69. The van der Waals surface area contributed by atoms with Crippen LogP contribution >= 0.6 is 0 Å². The maximum Gasteiger partial charge on any atom is 0.187 e. The van der Waals surface area contributed by atoms with Gasteiger partial charge in [-0.2, -0.15) is 10.2 Å². The SMILES string of the molecule is C=CN(CC1CN(c2cc(F)c(-c3ccc(/C(=N/N)N(C)N)nc3)cc2C)C(=C)O1)N=NC. The highest BCUT2D eigenvalue weighted by Gasteiger charge is 2.30. The second-order valence-electron chi connectivity index (χ2n) is 7.45. The number of aromatic nitrogens is 1. The van der Waals surface area contributed by atoms with Crippen LogP contribution in [0.2, 0.25) is 0 Å². The Bertz CT molecular complexity index is 1080. The number of nitrogens with two attached hydrogens (primary N) is 2. The number of amidine groups is 1. The van der Waals surface area contributed by atoms with Crippen LogP contribution in [0.25, 0.3) is 11.1 Å². The molecule has 3 rings (SSSR count). The van der Waals surface area contributed by atoms with Gasteiger partial charge >= 0.3 is 0 Å². The molecular formula is C22H28FN9O. The molecule has 1 unspecified atom stereocenters. The average Bonchev–Trinajstić information content (AvgIpc) is 3.15. The van der Waals surface area contributed by atoms with Crippen LogP contribution in [0.3, 0.4) is 0 Å². The largest absolute Gasteiger partial charge is 0.472 e. The number of halogens is 1. The van der Waals surface area contributed by atoms with Crippen molar-refractivity contribution in [1.29, 1.82) is 0 Å². The number of anilines is 1. The summed E-state index contributed by atoms with van der Waals surface area (Å²) in [7, 11) is 3.18. The summed E-state index contributed by atoms with van der Waals surface area (Å²) in [4.78, 5) is 6.16. The van der Waals surface area contributed by atoms with Crippen LogP contribution in [0, 0.1) is 12.7 Å². The van der Waals surface area contributed by atoms with Gasteiger partial charge in [-0.3, -0.25) is 15.0 Å². The zero-order chi connectivity index (χ0) is 24.1. The van der Waals surface area contributed by atoms with Gasteiger partial charge in [0.25, 0.3) is 0 Å². The van der Waals surface area contributed by atoms with Crippen LogP contribution < -0.4 is 16.6 Å². The van der Waals surface area contributed by atoms with Crippen LogP contribution in [0.1, 0.15) is 11.3 Å². The summed E-state index contributed by atoms with van der Waals surface area (Å²) in [5.41, 5.74) is 3.06. The van der Waals surface area contributed by atoms with Crippen LogP contribution in [0.5, 0.6) is 0 Å². The van der Waals surface area contributed by atoms with Crippen molar-refractivity contribution in [3.8, 4) is 11.1 Å². The highest BCUT2D eigenvalue weighted by Crippen LogP contribution is 2.34. The van der Waals surface area contributed by atoms with Gasteiger partial charge in [0.2, 0.25) is 0 Å². The molecule has 0 bridgehead atoms. The van der Waals surface area contributed by atoms with Crippen molar-refractivity contribution in [2.45, 2.75) is 13.0 Å². The quantitative estimate of drug-likeness (QED) is 0.217. The highest BCUT2D eigenvalue weighted by atomic mass is 19.1. The number of ether oxygens (including phenoxy) is 1. The zero-order valence-electron chi connectivity index (χ0n) is 18.9. The van der Waals surface area contributed by atoms with Gasteiger partial charge in [0.15, 0.2) is 11.7 Å². The molecular weight excluding hydrogens is 425 g/mol. The van der Waals surface area contributed by atoms with Crippen molar-refractivity contribution >= 4 is 11.5 Å². The number of pyridine rings is 1. The molecule has 33 heavy (non-hydrogen) atoms. The second kappa shape index (κ2) is 10.1. The van der Waals surface area contributed by atoms with Gasteiger partial charge in [-0.25, -0.2) is 10.2 Å². The summed E-state index contributed by atoms with van der Waals surface area (Å²) in [5, 5.41) is 14.2. The zero-order valence-corrected chi connectivity index (χ0v) is 18.9. The molecule has 10 nitrogen and oxygen atoms in total. The van der Waals surface area contributed by atoms with E-state index in [4.69, 9.17) is 16.4 Å². The molecule has 1 aromatic heterocycles. The van der Waals surface area contributed by atoms with E-state index in [1.807, 2.05) is 11.8 Å². The Morgan fingerprint density at radius 1 is 1.42 bits per heavy atom. The molecule has 2 heterocycles. The number of benzene rings is 1. The molecule has 174 valence electrons. The molecule has 2 aromatic rings. The molecule has 0 aliphatic carbocycles. The lowest BCUT2D eigenvalue weighted by Crippen LogP contribution is -2.35. The van der Waals surface area contributed by atoms with E-state index in [9.17, 15) is 0 Å². The Kier molecular flexibility index (Phi) is 7.23. The summed E-state index contributed by atoms with van der Waals surface area (Å²) >= 11 is 0. The van der Waals surface area contributed by atoms with Crippen molar-refractivity contribution < 1.29 is 9.13 Å². The lowest BCUT2D eigenvalue weighted by atomic mass is 10.0. The van der Waals surface area contributed by atoms with Crippen molar-refractivity contribution in [2.24, 2.45) is 27.1 Å². The number of hydrogen-bond acceptors (Lipinski definition) is 8. The molecule has 4 N–H and O–H groups in total. The number of hydrazine groups is 1. The number of aryl methyl sites for hydroxylation is 1. The monoisotopic (exact) mass is 453 g/mol. The maximum atomic E-state index is 15.2. The smallest absolute Gasteiger partial charge is 0.187 e. The van der Waals surface area contributed by atoms with E-state index in [0.717, 1.165) is 5.56 Å². The standard InChI is InChI=1S/C22H28FN9O/c1-6-31(29-26-4)12-17-13-32(15(3)33-17)21-10-19(23)18(9-14(21)2)16-7-8-20(27-11-16)22(28-24)30(5)25/h6-11,17H,1,3,12-13,24-25H2,2,4-5H3/b28-22-,29-26?. The Labute approximate surface area is 192 Å². The third-order valence-corrected chi connectivity index (χ3v) is 5.13. The van der Waals surface area contributed by atoms with E-state index in [1.165, 1.54) is 11.1 Å². The number of hydrazone groups is 1. The van der Waals surface area contributed by atoms with E-state index >= 15 is 4.39 Å². The molecule has 1 aliphatic rings. The van der Waals surface area contributed by atoms with Gasteiger partial charge in [0.05, 0.1) is 20.1 Å². The Morgan fingerprint density at radius 2 is 2.18 bits per heavy atom. The van der Waals surface area contributed by atoms with Crippen molar-refractivity contribution in [3.05, 3.63) is 72.8 Å². The number of hydrogen-bond donors (Lipinski definition) is 2. The fraction of sp³-hybridized carbons (Fsp3) is 0.273. The van der Waals surface area contributed by atoms with Gasteiger partial charge in [0, 0.05) is 36.3 Å². The molecule has 1 atom stereocenters. The molecule has 1 saturated heterocycles. The number of rotatable bonds is 7. The Balaban J connectivity index is 1.83. The Morgan fingerprint density at radius 3 is 2.76 bits per heavy atom. The summed E-state index contributed by atoms with van der Waals surface area (Å²) in [5.74, 6) is 11.4. The number of nitrogens with zero attached hydrogens (tertiary/aromatic N) is 7. The molecule has 0 radical (unpaired) electrons. The van der Waals surface area contributed by atoms with E-state index in [0.29, 0.717) is 47.3 Å². The summed E-state index contributed by atoms with van der Waals surface area (Å²) < 4.78 is 21.0. The molecule has 0 spiro atoms. The molecule has 1 aliphatic heterocycles. The minimum atomic E-state index is -0.391. The Hall–Kier alpha value is -3.99. The lowest BCUT2D eigenvalue weighted by molar-refractivity contribution is 0.133. The van der Waals surface area contributed by atoms with E-state index < -0.39 is 5.82 Å². The molecule has 11 heteroatoms. The molecule has 1 fully saturated rings. The van der Waals surface area contributed by atoms with Crippen molar-refractivity contribution in [2.75, 3.05) is 32.1 Å². The first-order valence-electron chi connectivity index (χ1n) is 10.1. The van der Waals surface area contributed by atoms with Gasteiger partial charge < -0.3 is 15.5 Å². The third-order valence-electron chi connectivity index (χ3n) is 5.13. The van der Waals surface area contributed by atoms with Gasteiger partial charge in [0.1, 0.15) is 17.6 Å².